The van der Waals surface area contributed by atoms with Crippen LogP contribution in [0.3, 0.4) is 0 Å². The average Bonchev–Trinajstić information content (AvgIpc) is 3.23. The Morgan fingerprint density at radius 1 is 0.448 bits per heavy atom. The molecule has 0 aliphatic carbocycles. The van der Waals surface area contributed by atoms with Gasteiger partial charge in [-0.3, -0.25) is 9.80 Å². The van der Waals surface area contributed by atoms with E-state index in [4.69, 9.17) is 0 Å². The fraction of sp³-hybridized carbons (Fsp3) is 0.240. The molecule has 0 aliphatic heterocycles. The van der Waals surface area contributed by atoms with E-state index in [9.17, 15) is 19.8 Å². The van der Waals surface area contributed by atoms with Gasteiger partial charge in [0.05, 0.1) is 11.4 Å². The highest BCUT2D eigenvalue weighted by Crippen LogP contribution is 2.40. The van der Waals surface area contributed by atoms with Gasteiger partial charge in [0.2, 0.25) is 0 Å². The van der Waals surface area contributed by atoms with E-state index >= 15 is 0 Å². The minimum absolute atomic E-state index is 0.205. The van der Waals surface area contributed by atoms with Gasteiger partial charge in [-0.05, 0) is 57.3 Å². The number of hydrogen-bond acceptors (Lipinski definition) is 4. The van der Waals surface area contributed by atoms with Crippen LogP contribution >= 0.6 is 0 Å². The van der Waals surface area contributed by atoms with E-state index in [0.717, 1.165) is 45.0 Å². The Balaban J connectivity index is 0.000000221. The minimum Gasteiger partial charge on any atom is -0.384 e. The first-order chi connectivity index (χ1) is 27.6. The molecule has 0 aliphatic rings. The van der Waals surface area contributed by atoms with Gasteiger partial charge >= 0.3 is 12.1 Å². The third-order valence-corrected chi connectivity index (χ3v) is 9.90. The molecule has 0 unspecified atom stereocenters. The Labute approximate surface area is 343 Å². The van der Waals surface area contributed by atoms with Crippen LogP contribution in [0.1, 0.15) is 87.1 Å². The molecule has 0 fully saturated rings. The molecule has 300 valence electrons. The zero-order valence-electron chi connectivity index (χ0n) is 34.8. The van der Waals surface area contributed by atoms with Gasteiger partial charge in [-0.15, -0.1) is 0 Å². The summed E-state index contributed by atoms with van der Waals surface area (Å²) in [5.41, 5.74) is 7.47. The fourth-order valence-electron chi connectivity index (χ4n) is 6.81. The number of urea groups is 2. The third kappa shape index (κ3) is 10.6. The largest absolute Gasteiger partial charge is 0.384 e. The number of nitrogens with one attached hydrogen (secondary N) is 2. The Morgan fingerprint density at radius 2 is 0.741 bits per heavy atom. The normalized spacial score (nSPS) is 12.3. The number of aliphatic hydroxyl groups excluding tert-OH is 2. The van der Waals surface area contributed by atoms with E-state index in [-0.39, 0.29) is 22.9 Å². The second-order valence-electron chi connectivity index (χ2n) is 16.3. The second-order valence-corrected chi connectivity index (χ2v) is 16.3. The molecule has 0 radical (unpaired) electrons. The van der Waals surface area contributed by atoms with Crippen molar-refractivity contribution in [1.29, 1.82) is 0 Å². The molecule has 4 N–H and O–H groups in total. The summed E-state index contributed by atoms with van der Waals surface area (Å²) in [5, 5.41) is 28.1. The standard InChI is InChI=1S/2C25H28N2O2/c2*1-25(2,3)21-17-11-16-20(23(28)18-12-7-5-8-13-18)22(21)27(4)24(29)26-19-14-9-6-10-15-19/h2*5-17,23,28H,1-4H3,(H,26,29)/t2*23-/m11/s1. The van der Waals surface area contributed by atoms with Gasteiger partial charge in [0, 0.05) is 36.6 Å². The van der Waals surface area contributed by atoms with Gasteiger partial charge in [0.1, 0.15) is 12.2 Å². The summed E-state index contributed by atoms with van der Waals surface area (Å²) >= 11 is 0. The average molecular weight is 777 g/mol. The Morgan fingerprint density at radius 3 is 1.03 bits per heavy atom. The number of nitrogens with zero attached hydrogens (tertiary/aromatic N) is 2. The Bertz CT molecular complexity index is 2090. The zero-order valence-corrected chi connectivity index (χ0v) is 34.8. The number of hydrogen-bond donors (Lipinski definition) is 4. The lowest BCUT2D eigenvalue weighted by molar-refractivity contribution is 0.220. The van der Waals surface area contributed by atoms with Crippen molar-refractivity contribution in [2.24, 2.45) is 0 Å². The van der Waals surface area contributed by atoms with Crippen LogP contribution < -0.4 is 20.4 Å². The second kappa shape index (κ2) is 18.8. The van der Waals surface area contributed by atoms with E-state index in [1.807, 2.05) is 158 Å². The summed E-state index contributed by atoms with van der Waals surface area (Å²) in [5.74, 6) is 0. The highest BCUT2D eigenvalue weighted by atomic mass is 16.3. The van der Waals surface area contributed by atoms with Crippen molar-refractivity contribution in [2.75, 3.05) is 34.5 Å². The molecule has 58 heavy (non-hydrogen) atoms. The maximum absolute atomic E-state index is 13.0. The topological polar surface area (TPSA) is 105 Å². The predicted octanol–water partition coefficient (Wildman–Crippen LogP) is 11.5. The van der Waals surface area contributed by atoms with Crippen LogP contribution in [0.4, 0.5) is 32.3 Å². The number of benzene rings is 6. The highest BCUT2D eigenvalue weighted by Gasteiger charge is 2.29. The molecule has 8 nitrogen and oxygen atoms in total. The number of anilines is 4. The summed E-state index contributed by atoms with van der Waals surface area (Å²) < 4.78 is 0. The summed E-state index contributed by atoms with van der Waals surface area (Å²) in [7, 11) is 3.48. The van der Waals surface area contributed by atoms with Crippen LogP contribution in [0.25, 0.3) is 0 Å². The molecular formula is C50H56N4O4. The number of carbonyl (C=O) groups excluding carboxylic acids is 2. The Hall–Kier alpha value is -6.22. The summed E-state index contributed by atoms with van der Waals surface area (Å²) in [6.07, 6.45) is -1.67. The van der Waals surface area contributed by atoms with E-state index in [1.165, 1.54) is 0 Å². The van der Waals surface area contributed by atoms with E-state index in [0.29, 0.717) is 11.1 Å². The lowest BCUT2D eigenvalue weighted by atomic mass is 9.83. The molecule has 0 heterocycles. The van der Waals surface area contributed by atoms with Crippen LogP contribution in [-0.4, -0.2) is 36.4 Å². The lowest BCUT2D eigenvalue weighted by Gasteiger charge is -2.31. The van der Waals surface area contributed by atoms with Crippen LogP contribution in [0.15, 0.2) is 158 Å². The van der Waals surface area contributed by atoms with Crippen molar-refractivity contribution in [2.45, 2.75) is 64.6 Å². The van der Waals surface area contributed by atoms with Crippen molar-refractivity contribution in [3.63, 3.8) is 0 Å². The molecule has 6 rings (SSSR count). The highest BCUT2D eigenvalue weighted by molar-refractivity contribution is 6.03. The number of aliphatic hydroxyl groups is 2. The molecule has 4 amide bonds. The first-order valence-corrected chi connectivity index (χ1v) is 19.5. The van der Waals surface area contributed by atoms with Crippen molar-refractivity contribution in [1.82, 2.24) is 0 Å². The van der Waals surface area contributed by atoms with Gasteiger partial charge in [0.25, 0.3) is 0 Å². The smallest absolute Gasteiger partial charge is 0.326 e. The molecule has 0 aromatic heterocycles. The predicted molar refractivity (Wildman–Crippen MR) is 239 cm³/mol. The summed E-state index contributed by atoms with van der Waals surface area (Å²) in [4.78, 5) is 29.3. The van der Waals surface area contributed by atoms with Gasteiger partial charge in [0.15, 0.2) is 0 Å². The number of para-hydroxylation sites is 4. The molecular weight excluding hydrogens is 721 g/mol. The first kappa shape index (κ1) is 42.9. The van der Waals surface area contributed by atoms with Crippen LogP contribution in [0, 0.1) is 0 Å². The molecule has 2 atom stereocenters. The van der Waals surface area contributed by atoms with Crippen LogP contribution in [0.2, 0.25) is 0 Å². The van der Waals surface area contributed by atoms with Crippen molar-refractivity contribution >= 4 is 34.8 Å². The molecule has 6 aromatic rings. The SMILES string of the molecule is CN(C(=O)Nc1ccccc1)c1c([C@H](O)c2ccccc2)cccc1C(C)(C)C.CN(C(=O)Nc1ccccc1)c1c([C@H](O)c2ccccc2)cccc1C(C)(C)C. The third-order valence-electron chi connectivity index (χ3n) is 9.90. The molecule has 0 saturated heterocycles. The molecule has 6 aromatic carbocycles. The van der Waals surface area contributed by atoms with Crippen LogP contribution in [-0.2, 0) is 10.8 Å². The van der Waals surface area contributed by atoms with E-state index in [2.05, 4.69) is 52.2 Å². The van der Waals surface area contributed by atoms with E-state index < -0.39 is 12.2 Å². The summed E-state index contributed by atoms with van der Waals surface area (Å²) in [6, 6.07) is 48.9. The first-order valence-electron chi connectivity index (χ1n) is 19.5. The molecule has 0 bridgehead atoms. The summed E-state index contributed by atoms with van der Waals surface area (Å²) in [6.45, 7) is 12.6. The Kier molecular flexibility index (Phi) is 13.9. The van der Waals surface area contributed by atoms with Gasteiger partial charge in [-0.2, -0.15) is 0 Å². The fourth-order valence-corrected chi connectivity index (χ4v) is 6.81. The quantitative estimate of drug-likeness (QED) is 0.123. The van der Waals surface area contributed by atoms with Crippen molar-refractivity contribution < 1.29 is 19.8 Å². The molecule has 0 saturated carbocycles. The monoisotopic (exact) mass is 776 g/mol. The van der Waals surface area contributed by atoms with Crippen molar-refractivity contribution in [3.05, 3.63) is 191 Å². The molecule has 8 heteroatoms. The zero-order chi connectivity index (χ0) is 42.0. The maximum atomic E-state index is 13.0. The lowest BCUT2D eigenvalue weighted by Crippen LogP contribution is -2.34. The number of carbonyl (C=O) groups is 2. The van der Waals surface area contributed by atoms with Gasteiger partial charge in [-0.1, -0.05) is 175 Å². The number of rotatable bonds is 8. The minimum atomic E-state index is -0.833. The van der Waals surface area contributed by atoms with Gasteiger partial charge < -0.3 is 20.8 Å². The molecule has 0 spiro atoms. The van der Waals surface area contributed by atoms with Crippen molar-refractivity contribution in [3.8, 4) is 0 Å². The maximum Gasteiger partial charge on any atom is 0.326 e. The van der Waals surface area contributed by atoms with E-state index in [1.54, 1.807) is 23.9 Å². The van der Waals surface area contributed by atoms with Crippen LogP contribution in [0.5, 0.6) is 0 Å². The number of amides is 4. The van der Waals surface area contributed by atoms with Gasteiger partial charge in [-0.25, -0.2) is 9.59 Å².